The number of carbonyl (C=O) groups is 1. The minimum absolute atomic E-state index is 0.00493. The first-order valence-electron chi connectivity index (χ1n) is 15.0. The number of carbonyl (C=O) groups excluding carboxylic acids is 1. The fourth-order valence-corrected chi connectivity index (χ4v) is 8.62. The molecule has 1 heterocycles. The third-order valence-corrected chi connectivity index (χ3v) is 10.8. The number of fused-ring (bicyclic) bond motifs is 1. The summed E-state index contributed by atoms with van der Waals surface area (Å²) in [5, 5.41) is 65.2. The maximum Gasteiger partial charge on any atom is 0.143 e. The van der Waals surface area contributed by atoms with E-state index in [4.69, 9.17) is 4.74 Å². The predicted octanol–water partition coefficient (Wildman–Crippen LogP) is 1.70. The summed E-state index contributed by atoms with van der Waals surface area (Å²) in [5.41, 5.74) is 0. The molecule has 5 fully saturated rings. The lowest BCUT2D eigenvalue weighted by Crippen LogP contribution is -2.63. The molecule has 0 aromatic rings. The molecule has 13 atom stereocenters. The Balaban J connectivity index is 1.40. The molecule has 8 nitrogen and oxygen atoms in total. The van der Waals surface area contributed by atoms with Crippen LogP contribution in [-0.4, -0.2) is 85.3 Å². The number of aliphatic hydroxyl groups excluding tert-OH is 6. The standard InChI is InChI=1S/C29H48O8/c30-20-10-4-8-16(25(20)33)12-18-27(35)19(13-17-9-5-11-21(31)26(17)34)29-24(28(18)36)22(32)14-23(37-29)15-6-2-1-3-7-15/h15-21,23-31,33-36H,1-14H2. The number of ether oxygens (including phenoxy) is 1. The summed E-state index contributed by atoms with van der Waals surface area (Å²) in [6.07, 6.45) is 4.40. The topological polar surface area (TPSA) is 148 Å². The first-order valence-corrected chi connectivity index (χ1v) is 15.0. The quantitative estimate of drug-likeness (QED) is 0.318. The molecule has 0 aromatic carbocycles. The van der Waals surface area contributed by atoms with Crippen molar-refractivity contribution < 1.29 is 40.2 Å². The van der Waals surface area contributed by atoms with E-state index in [2.05, 4.69) is 0 Å². The summed E-state index contributed by atoms with van der Waals surface area (Å²) in [6.45, 7) is 0. The largest absolute Gasteiger partial charge is 0.392 e. The second kappa shape index (κ2) is 11.9. The maximum atomic E-state index is 13.6. The molecule has 8 heteroatoms. The molecule has 0 amide bonds. The first kappa shape index (κ1) is 27.9. The van der Waals surface area contributed by atoms with Crippen molar-refractivity contribution >= 4 is 5.78 Å². The highest BCUT2D eigenvalue weighted by Crippen LogP contribution is 2.49. The van der Waals surface area contributed by atoms with Crippen LogP contribution in [0.15, 0.2) is 0 Å². The van der Waals surface area contributed by atoms with Crippen LogP contribution in [0.5, 0.6) is 0 Å². The fourth-order valence-electron chi connectivity index (χ4n) is 8.62. The molecule has 6 N–H and O–H groups in total. The molecule has 5 rings (SSSR count). The van der Waals surface area contributed by atoms with Gasteiger partial charge in [0.1, 0.15) is 5.78 Å². The van der Waals surface area contributed by atoms with Crippen LogP contribution in [0, 0.1) is 35.5 Å². The summed E-state index contributed by atoms with van der Waals surface area (Å²) in [4.78, 5) is 13.6. The Kier molecular flexibility index (Phi) is 8.96. The Morgan fingerprint density at radius 1 is 0.622 bits per heavy atom. The van der Waals surface area contributed by atoms with Crippen LogP contribution < -0.4 is 0 Å². The van der Waals surface area contributed by atoms with Crippen LogP contribution in [-0.2, 0) is 9.53 Å². The normalized spacial score (nSPS) is 50.0. The zero-order valence-electron chi connectivity index (χ0n) is 22.0. The van der Waals surface area contributed by atoms with E-state index >= 15 is 0 Å². The molecule has 37 heavy (non-hydrogen) atoms. The van der Waals surface area contributed by atoms with Crippen LogP contribution in [0.3, 0.4) is 0 Å². The van der Waals surface area contributed by atoms with Crippen LogP contribution in [0.2, 0.25) is 0 Å². The highest BCUT2D eigenvalue weighted by molar-refractivity contribution is 5.83. The average molecular weight is 525 g/mol. The molecule has 0 radical (unpaired) electrons. The number of hydrogen-bond acceptors (Lipinski definition) is 8. The molecule has 1 aliphatic heterocycles. The second-order valence-electron chi connectivity index (χ2n) is 13.0. The van der Waals surface area contributed by atoms with E-state index in [1.807, 2.05) is 0 Å². The van der Waals surface area contributed by atoms with Gasteiger partial charge in [-0.2, -0.15) is 0 Å². The number of rotatable bonds is 5. The van der Waals surface area contributed by atoms with Gasteiger partial charge < -0.3 is 35.4 Å². The molecular weight excluding hydrogens is 476 g/mol. The zero-order chi connectivity index (χ0) is 26.3. The van der Waals surface area contributed by atoms with Crippen LogP contribution in [0.25, 0.3) is 0 Å². The summed E-state index contributed by atoms with van der Waals surface area (Å²) in [5.74, 6) is -1.98. The van der Waals surface area contributed by atoms with Gasteiger partial charge in [-0.25, -0.2) is 0 Å². The molecule has 1 saturated heterocycles. The van der Waals surface area contributed by atoms with Crippen molar-refractivity contribution in [1.29, 1.82) is 0 Å². The molecule has 0 aromatic heterocycles. The van der Waals surface area contributed by atoms with Gasteiger partial charge in [0, 0.05) is 18.3 Å². The van der Waals surface area contributed by atoms with Crippen molar-refractivity contribution in [3.63, 3.8) is 0 Å². The van der Waals surface area contributed by atoms with Crippen molar-refractivity contribution in [3.05, 3.63) is 0 Å². The van der Waals surface area contributed by atoms with E-state index in [1.165, 1.54) is 6.42 Å². The number of hydrogen-bond donors (Lipinski definition) is 6. The summed E-state index contributed by atoms with van der Waals surface area (Å²) in [7, 11) is 0. The lowest BCUT2D eigenvalue weighted by molar-refractivity contribution is -0.222. The van der Waals surface area contributed by atoms with E-state index in [1.54, 1.807) is 0 Å². The Bertz CT molecular complexity index is 771. The average Bonchev–Trinajstić information content (AvgIpc) is 2.89. The highest BCUT2D eigenvalue weighted by atomic mass is 16.5. The lowest BCUT2D eigenvalue weighted by Gasteiger charge is -2.53. The van der Waals surface area contributed by atoms with Crippen molar-refractivity contribution in [2.24, 2.45) is 35.5 Å². The van der Waals surface area contributed by atoms with Crippen LogP contribution in [0.4, 0.5) is 0 Å². The van der Waals surface area contributed by atoms with Gasteiger partial charge in [-0.1, -0.05) is 32.1 Å². The van der Waals surface area contributed by atoms with Crippen molar-refractivity contribution in [3.8, 4) is 0 Å². The van der Waals surface area contributed by atoms with Crippen molar-refractivity contribution in [1.82, 2.24) is 0 Å². The Morgan fingerprint density at radius 2 is 1.19 bits per heavy atom. The van der Waals surface area contributed by atoms with Gasteiger partial charge in [-0.05, 0) is 69.1 Å². The van der Waals surface area contributed by atoms with Crippen LogP contribution in [0.1, 0.15) is 89.9 Å². The van der Waals surface area contributed by atoms with Gasteiger partial charge in [0.15, 0.2) is 0 Å². The monoisotopic (exact) mass is 524 g/mol. The zero-order valence-corrected chi connectivity index (χ0v) is 22.0. The fraction of sp³-hybridized carbons (Fsp3) is 0.966. The van der Waals surface area contributed by atoms with E-state index in [0.29, 0.717) is 38.0 Å². The molecule has 5 aliphatic rings. The summed E-state index contributed by atoms with van der Waals surface area (Å²) >= 11 is 0. The van der Waals surface area contributed by atoms with E-state index in [9.17, 15) is 35.4 Å². The molecular formula is C29H48O8. The molecule has 212 valence electrons. The molecule has 0 bridgehead atoms. The van der Waals surface area contributed by atoms with Crippen LogP contribution >= 0.6 is 0 Å². The summed E-state index contributed by atoms with van der Waals surface area (Å²) < 4.78 is 6.66. The third-order valence-electron chi connectivity index (χ3n) is 10.8. The SMILES string of the molecule is O=C1CC(C2CCCCC2)OC2C(CC3CCCC(O)C3O)C(O)C(CC3CCCC(O)C3O)C(O)C12. The van der Waals surface area contributed by atoms with Gasteiger partial charge >= 0.3 is 0 Å². The molecule has 4 aliphatic carbocycles. The van der Waals surface area contributed by atoms with Crippen molar-refractivity contribution in [2.75, 3.05) is 0 Å². The Labute approximate surface area is 220 Å². The molecule has 0 spiro atoms. The smallest absolute Gasteiger partial charge is 0.143 e. The molecule has 13 unspecified atom stereocenters. The third kappa shape index (κ3) is 5.67. The van der Waals surface area contributed by atoms with Gasteiger partial charge in [0.2, 0.25) is 0 Å². The van der Waals surface area contributed by atoms with Gasteiger partial charge in [0.25, 0.3) is 0 Å². The van der Waals surface area contributed by atoms with E-state index in [0.717, 1.165) is 44.9 Å². The summed E-state index contributed by atoms with van der Waals surface area (Å²) in [6, 6.07) is 0. The minimum atomic E-state index is -1.08. The Hall–Kier alpha value is -0.610. The van der Waals surface area contributed by atoms with Crippen molar-refractivity contribution in [2.45, 2.75) is 139 Å². The predicted molar refractivity (Wildman–Crippen MR) is 135 cm³/mol. The van der Waals surface area contributed by atoms with E-state index in [-0.39, 0.29) is 30.1 Å². The highest BCUT2D eigenvalue weighted by Gasteiger charge is 2.57. The lowest BCUT2D eigenvalue weighted by atomic mass is 9.60. The molecule has 4 saturated carbocycles. The van der Waals surface area contributed by atoms with Gasteiger partial charge in [0.05, 0.1) is 54.7 Å². The van der Waals surface area contributed by atoms with Gasteiger partial charge in [-0.15, -0.1) is 0 Å². The number of aliphatic hydroxyl groups is 6. The van der Waals surface area contributed by atoms with E-state index < -0.39 is 60.5 Å². The number of Topliss-reactive ketones (excluding diaryl/α,β-unsaturated/α-hetero) is 1. The maximum absolute atomic E-state index is 13.6. The second-order valence-corrected chi connectivity index (χ2v) is 13.0. The number of ketones is 1. The van der Waals surface area contributed by atoms with Gasteiger partial charge in [-0.3, -0.25) is 4.79 Å². The first-order chi connectivity index (χ1) is 17.8. The Morgan fingerprint density at radius 3 is 1.78 bits per heavy atom. The minimum Gasteiger partial charge on any atom is -0.392 e.